The minimum absolute atomic E-state index is 0.327. The van der Waals surface area contributed by atoms with E-state index >= 15 is 0 Å². The van der Waals surface area contributed by atoms with Crippen molar-refractivity contribution in [2.45, 2.75) is 18.4 Å². The van der Waals surface area contributed by atoms with Gasteiger partial charge < -0.3 is 20.5 Å². The molecular weight excluding hydrogens is 344 g/mol. The van der Waals surface area contributed by atoms with Crippen LogP contribution in [0.2, 0.25) is 0 Å². The minimum atomic E-state index is -1.26. The first-order chi connectivity index (χ1) is 13.1. The lowest BCUT2D eigenvalue weighted by molar-refractivity contribution is -0.157. The molecule has 0 saturated carbocycles. The van der Waals surface area contributed by atoms with Gasteiger partial charge in [0.15, 0.2) is 0 Å². The van der Waals surface area contributed by atoms with Crippen LogP contribution in [0.4, 0.5) is 11.8 Å². The lowest BCUT2D eigenvalue weighted by Gasteiger charge is -2.38. The normalized spacial score (nSPS) is 16.2. The molecule has 7 nitrogen and oxygen atoms in total. The summed E-state index contributed by atoms with van der Waals surface area (Å²) in [6.07, 6.45) is 2.25. The van der Waals surface area contributed by atoms with Gasteiger partial charge in [-0.1, -0.05) is 30.3 Å². The summed E-state index contributed by atoms with van der Waals surface area (Å²) in [5.41, 5.74) is 4.45. The molecule has 138 valence electrons. The number of aliphatic carboxylic acids is 1. The van der Waals surface area contributed by atoms with Gasteiger partial charge in [-0.25, -0.2) is 9.78 Å². The highest BCUT2D eigenvalue weighted by molar-refractivity contribution is 5.84. The van der Waals surface area contributed by atoms with Crippen LogP contribution in [0.25, 0.3) is 10.8 Å². The minimum Gasteiger partial charge on any atom is -0.478 e. The van der Waals surface area contributed by atoms with E-state index in [-0.39, 0.29) is 0 Å². The fourth-order valence-electron chi connectivity index (χ4n) is 3.40. The van der Waals surface area contributed by atoms with Crippen molar-refractivity contribution >= 4 is 28.5 Å². The standard InChI is InChI=1S/C20H20N4O3/c21-17-7-10-22-19(23-17)24-11-8-20(9-12-24,18(25)26)27-16-6-5-14-3-1-2-4-15(14)13-16/h1-7,10,13H,8-9,11-12H2,(H,25,26)(H2,21,22,23). The molecule has 2 heterocycles. The van der Waals surface area contributed by atoms with Crippen LogP contribution in [-0.4, -0.2) is 39.7 Å². The Morgan fingerprint density at radius 3 is 2.56 bits per heavy atom. The Morgan fingerprint density at radius 1 is 1.11 bits per heavy atom. The van der Waals surface area contributed by atoms with Gasteiger partial charge >= 0.3 is 5.97 Å². The van der Waals surface area contributed by atoms with Crippen LogP contribution in [0.15, 0.2) is 54.7 Å². The number of piperidine rings is 1. The predicted molar refractivity (Wildman–Crippen MR) is 103 cm³/mol. The lowest BCUT2D eigenvalue weighted by atomic mass is 9.91. The monoisotopic (exact) mass is 364 g/mol. The van der Waals surface area contributed by atoms with E-state index in [1.807, 2.05) is 47.4 Å². The maximum atomic E-state index is 12.0. The number of carboxylic acid groups (broad SMARTS) is 1. The largest absolute Gasteiger partial charge is 0.478 e. The Morgan fingerprint density at radius 2 is 1.85 bits per heavy atom. The first-order valence-electron chi connectivity index (χ1n) is 8.80. The number of rotatable bonds is 4. The number of carboxylic acids is 1. The zero-order chi connectivity index (χ0) is 18.9. The number of hydrogen-bond donors (Lipinski definition) is 2. The molecule has 0 spiro atoms. The van der Waals surface area contributed by atoms with Crippen molar-refractivity contribution in [1.29, 1.82) is 0 Å². The number of ether oxygens (including phenoxy) is 1. The molecule has 0 amide bonds. The summed E-state index contributed by atoms with van der Waals surface area (Å²) in [7, 11) is 0. The van der Waals surface area contributed by atoms with E-state index in [4.69, 9.17) is 10.5 Å². The molecule has 0 atom stereocenters. The highest BCUT2D eigenvalue weighted by atomic mass is 16.5. The summed E-state index contributed by atoms with van der Waals surface area (Å²) in [6, 6.07) is 15.2. The number of hydrogen-bond acceptors (Lipinski definition) is 6. The SMILES string of the molecule is Nc1ccnc(N2CCC(Oc3ccc4ccccc4c3)(C(=O)O)CC2)n1. The quantitative estimate of drug-likeness (QED) is 0.734. The van der Waals surface area contributed by atoms with Crippen LogP contribution in [0, 0.1) is 0 Å². The maximum absolute atomic E-state index is 12.0. The fourth-order valence-corrected chi connectivity index (χ4v) is 3.40. The van der Waals surface area contributed by atoms with E-state index in [0.717, 1.165) is 10.8 Å². The summed E-state index contributed by atoms with van der Waals surface area (Å²) >= 11 is 0. The molecule has 7 heteroatoms. The zero-order valence-corrected chi connectivity index (χ0v) is 14.7. The molecular formula is C20H20N4O3. The molecule has 27 heavy (non-hydrogen) atoms. The third-order valence-electron chi connectivity index (χ3n) is 4.94. The van der Waals surface area contributed by atoms with E-state index in [9.17, 15) is 9.90 Å². The fraction of sp³-hybridized carbons (Fsp3) is 0.250. The second kappa shape index (κ2) is 6.75. The van der Waals surface area contributed by atoms with Gasteiger partial charge in [0.2, 0.25) is 11.5 Å². The second-order valence-corrected chi connectivity index (χ2v) is 6.68. The number of nitrogens with two attached hydrogens (primary N) is 1. The molecule has 3 aromatic rings. The summed E-state index contributed by atoms with van der Waals surface area (Å²) in [5.74, 6) is 0.510. The predicted octanol–water partition coefficient (Wildman–Crippen LogP) is 2.71. The van der Waals surface area contributed by atoms with Crippen LogP contribution in [0.3, 0.4) is 0 Å². The molecule has 0 unspecified atom stereocenters. The van der Waals surface area contributed by atoms with E-state index in [2.05, 4.69) is 9.97 Å². The highest BCUT2D eigenvalue weighted by Crippen LogP contribution is 2.32. The van der Waals surface area contributed by atoms with Crippen LogP contribution < -0.4 is 15.4 Å². The molecule has 1 aliphatic rings. The van der Waals surface area contributed by atoms with Gasteiger partial charge in [0.05, 0.1) is 0 Å². The van der Waals surface area contributed by atoms with Gasteiger partial charge in [0.1, 0.15) is 11.6 Å². The molecule has 0 aliphatic carbocycles. The van der Waals surface area contributed by atoms with Gasteiger partial charge in [0, 0.05) is 32.1 Å². The average Bonchev–Trinajstić information content (AvgIpc) is 2.68. The summed E-state index contributed by atoms with van der Waals surface area (Å²) in [4.78, 5) is 22.4. The number of anilines is 2. The van der Waals surface area contributed by atoms with Crippen molar-refractivity contribution in [2.75, 3.05) is 23.7 Å². The van der Waals surface area contributed by atoms with Crippen LogP contribution >= 0.6 is 0 Å². The van der Waals surface area contributed by atoms with Crippen molar-refractivity contribution in [1.82, 2.24) is 9.97 Å². The van der Waals surface area contributed by atoms with E-state index in [1.54, 1.807) is 12.3 Å². The molecule has 1 aromatic heterocycles. The Bertz CT molecular complexity index is 984. The first kappa shape index (κ1) is 17.1. The van der Waals surface area contributed by atoms with Gasteiger partial charge in [-0.3, -0.25) is 0 Å². The summed E-state index contributed by atoms with van der Waals surface area (Å²) < 4.78 is 6.03. The third kappa shape index (κ3) is 3.36. The van der Waals surface area contributed by atoms with E-state index in [1.165, 1.54) is 0 Å². The zero-order valence-electron chi connectivity index (χ0n) is 14.7. The highest BCUT2D eigenvalue weighted by Gasteiger charge is 2.44. The second-order valence-electron chi connectivity index (χ2n) is 6.68. The van der Waals surface area contributed by atoms with Gasteiger partial charge in [0.25, 0.3) is 0 Å². The molecule has 0 bridgehead atoms. The Hall–Kier alpha value is -3.35. The average molecular weight is 364 g/mol. The maximum Gasteiger partial charge on any atom is 0.348 e. The molecule has 4 rings (SSSR count). The molecule has 2 aromatic carbocycles. The van der Waals surface area contributed by atoms with E-state index < -0.39 is 11.6 Å². The van der Waals surface area contributed by atoms with Crippen LogP contribution in [0.5, 0.6) is 5.75 Å². The molecule has 0 radical (unpaired) electrons. The number of benzene rings is 2. The Labute approximate surface area is 156 Å². The Balaban J connectivity index is 1.54. The molecule has 1 aliphatic heterocycles. The van der Waals surface area contributed by atoms with Crippen LogP contribution in [-0.2, 0) is 4.79 Å². The van der Waals surface area contributed by atoms with E-state index in [0.29, 0.717) is 43.4 Å². The van der Waals surface area contributed by atoms with Gasteiger partial charge in [-0.05, 0) is 29.0 Å². The van der Waals surface area contributed by atoms with Gasteiger partial charge in [-0.15, -0.1) is 0 Å². The van der Waals surface area contributed by atoms with Crippen molar-refractivity contribution in [2.24, 2.45) is 0 Å². The van der Waals surface area contributed by atoms with Crippen molar-refractivity contribution < 1.29 is 14.6 Å². The summed E-state index contributed by atoms with van der Waals surface area (Å²) in [6.45, 7) is 0.951. The third-order valence-corrected chi connectivity index (χ3v) is 4.94. The number of carbonyl (C=O) groups is 1. The van der Waals surface area contributed by atoms with Crippen LogP contribution in [0.1, 0.15) is 12.8 Å². The topological polar surface area (TPSA) is 102 Å². The Kier molecular flexibility index (Phi) is 4.27. The first-order valence-corrected chi connectivity index (χ1v) is 8.80. The number of aromatic nitrogens is 2. The number of nitrogens with zero attached hydrogens (tertiary/aromatic N) is 3. The molecule has 3 N–H and O–H groups in total. The van der Waals surface area contributed by atoms with Crippen molar-refractivity contribution in [3.05, 3.63) is 54.7 Å². The summed E-state index contributed by atoms with van der Waals surface area (Å²) in [5, 5.41) is 12.0. The molecule has 1 fully saturated rings. The number of nitrogen functional groups attached to an aromatic ring is 1. The molecule has 1 saturated heterocycles. The van der Waals surface area contributed by atoms with Crippen molar-refractivity contribution in [3.63, 3.8) is 0 Å². The number of fused-ring (bicyclic) bond motifs is 1. The lowest BCUT2D eigenvalue weighted by Crippen LogP contribution is -2.53. The van der Waals surface area contributed by atoms with Gasteiger partial charge in [-0.2, -0.15) is 4.98 Å². The van der Waals surface area contributed by atoms with Crippen molar-refractivity contribution in [3.8, 4) is 5.75 Å². The smallest absolute Gasteiger partial charge is 0.348 e.